The van der Waals surface area contributed by atoms with Gasteiger partial charge in [-0.2, -0.15) is 5.10 Å². The van der Waals surface area contributed by atoms with Crippen LogP contribution in [0, 0.1) is 0 Å². The molecule has 1 aliphatic heterocycles. The van der Waals surface area contributed by atoms with Crippen molar-refractivity contribution in [3.63, 3.8) is 0 Å². The van der Waals surface area contributed by atoms with Crippen molar-refractivity contribution >= 4 is 5.91 Å². The quantitative estimate of drug-likeness (QED) is 0.753. The fraction of sp³-hybridized carbons (Fsp3) is 0.600. The van der Waals surface area contributed by atoms with Crippen LogP contribution in [0.5, 0.6) is 0 Å². The predicted octanol–water partition coefficient (Wildman–Crippen LogP) is 1.94. The minimum absolute atomic E-state index is 0.0582. The van der Waals surface area contributed by atoms with Crippen LogP contribution in [0.3, 0.4) is 0 Å². The minimum Gasteiger partial charge on any atom is -0.458 e. The van der Waals surface area contributed by atoms with Gasteiger partial charge < -0.3 is 19.2 Å². The average molecular weight is 388 g/mol. The van der Waals surface area contributed by atoms with E-state index in [-0.39, 0.29) is 30.2 Å². The molecule has 28 heavy (non-hydrogen) atoms. The number of hydrogen-bond acceptors (Lipinski definition) is 6. The number of furan rings is 1. The molecule has 0 radical (unpaired) electrons. The van der Waals surface area contributed by atoms with Crippen molar-refractivity contribution in [2.45, 2.75) is 49.9 Å². The molecule has 2 aromatic rings. The van der Waals surface area contributed by atoms with Gasteiger partial charge in [-0.1, -0.05) is 0 Å². The smallest absolute Gasteiger partial charge is 0.246 e. The van der Waals surface area contributed by atoms with Gasteiger partial charge in [0.15, 0.2) is 5.76 Å². The van der Waals surface area contributed by atoms with Gasteiger partial charge in [0.2, 0.25) is 5.91 Å². The second-order valence-corrected chi connectivity index (χ2v) is 7.71. The number of carbonyl (C=O) groups excluding carboxylic acids is 1. The summed E-state index contributed by atoms with van der Waals surface area (Å²) in [5.41, 5.74) is 0.735. The Bertz CT molecular complexity index is 790. The van der Waals surface area contributed by atoms with Crippen molar-refractivity contribution in [2.24, 2.45) is 0 Å². The molecule has 2 fully saturated rings. The SMILES string of the molecule is COCC(=O)N[C@@H]1CC[C@@]2(OC)CCN(Cc3ccc(-c4ccn[nH]4)o3)[C@H]2C1. The van der Waals surface area contributed by atoms with Gasteiger partial charge in [0.1, 0.15) is 18.1 Å². The summed E-state index contributed by atoms with van der Waals surface area (Å²) in [5.74, 6) is 1.65. The third-order valence-corrected chi connectivity index (χ3v) is 6.13. The van der Waals surface area contributed by atoms with Crippen molar-refractivity contribution in [2.75, 3.05) is 27.4 Å². The van der Waals surface area contributed by atoms with E-state index < -0.39 is 0 Å². The van der Waals surface area contributed by atoms with Gasteiger partial charge in [-0.05, 0) is 43.9 Å². The summed E-state index contributed by atoms with van der Waals surface area (Å²) < 4.78 is 17.0. The number of methoxy groups -OCH3 is 2. The molecule has 2 N–H and O–H groups in total. The van der Waals surface area contributed by atoms with Crippen molar-refractivity contribution in [1.29, 1.82) is 0 Å². The highest BCUT2D eigenvalue weighted by atomic mass is 16.5. The van der Waals surface area contributed by atoms with Gasteiger partial charge in [-0.3, -0.25) is 14.8 Å². The Morgan fingerprint density at radius 3 is 3.04 bits per heavy atom. The summed E-state index contributed by atoms with van der Waals surface area (Å²) in [6.07, 6.45) is 5.46. The molecule has 152 valence electrons. The first kappa shape index (κ1) is 19.2. The van der Waals surface area contributed by atoms with E-state index in [4.69, 9.17) is 13.9 Å². The summed E-state index contributed by atoms with van der Waals surface area (Å²) in [6, 6.07) is 6.28. The van der Waals surface area contributed by atoms with E-state index >= 15 is 0 Å². The van der Waals surface area contributed by atoms with Crippen molar-refractivity contribution < 1.29 is 18.7 Å². The number of H-pyrrole nitrogens is 1. The Labute approximate surface area is 164 Å². The number of fused-ring (bicyclic) bond motifs is 1. The van der Waals surface area contributed by atoms with E-state index in [9.17, 15) is 4.79 Å². The van der Waals surface area contributed by atoms with Crippen LogP contribution >= 0.6 is 0 Å². The molecule has 1 aliphatic carbocycles. The maximum absolute atomic E-state index is 11.9. The lowest BCUT2D eigenvalue weighted by atomic mass is 9.78. The van der Waals surface area contributed by atoms with Crippen molar-refractivity contribution in [1.82, 2.24) is 20.4 Å². The number of nitrogens with zero attached hydrogens (tertiary/aromatic N) is 2. The molecule has 8 nitrogen and oxygen atoms in total. The highest BCUT2D eigenvalue weighted by Gasteiger charge is 2.51. The number of nitrogens with one attached hydrogen (secondary N) is 2. The number of rotatable bonds is 7. The van der Waals surface area contributed by atoms with Crippen LogP contribution in [-0.4, -0.2) is 66.1 Å². The zero-order valence-corrected chi connectivity index (χ0v) is 16.4. The maximum atomic E-state index is 11.9. The first-order valence-electron chi connectivity index (χ1n) is 9.79. The third kappa shape index (κ3) is 3.72. The van der Waals surface area contributed by atoms with Crippen LogP contribution in [0.25, 0.3) is 11.5 Å². The molecule has 1 saturated heterocycles. The average Bonchev–Trinajstić information content (AvgIpc) is 3.43. The highest BCUT2D eigenvalue weighted by Crippen LogP contribution is 2.43. The van der Waals surface area contributed by atoms with Gasteiger partial charge >= 0.3 is 0 Å². The summed E-state index contributed by atoms with van der Waals surface area (Å²) in [6.45, 7) is 1.78. The Morgan fingerprint density at radius 1 is 1.39 bits per heavy atom. The zero-order chi connectivity index (χ0) is 19.6. The van der Waals surface area contributed by atoms with Gasteiger partial charge in [0.05, 0.1) is 12.1 Å². The normalized spacial score (nSPS) is 27.6. The molecule has 2 aliphatic rings. The molecule has 1 amide bonds. The number of carbonyl (C=O) groups is 1. The topological polar surface area (TPSA) is 92.6 Å². The lowest BCUT2D eigenvalue weighted by molar-refractivity contribution is -0.127. The first-order valence-corrected chi connectivity index (χ1v) is 9.79. The van der Waals surface area contributed by atoms with E-state index in [1.54, 1.807) is 6.20 Å². The molecule has 0 unspecified atom stereocenters. The third-order valence-electron chi connectivity index (χ3n) is 6.13. The summed E-state index contributed by atoms with van der Waals surface area (Å²) >= 11 is 0. The van der Waals surface area contributed by atoms with Crippen molar-refractivity contribution in [3.8, 4) is 11.5 Å². The number of amides is 1. The molecular formula is C20H28N4O4. The predicted molar refractivity (Wildman–Crippen MR) is 103 cm³/mol. The minimum atomic E-state index is -0.138. The lowest BCUT2D eigenvalue weighted by Crippen LogP contribution is -2.54. The molecule has 0 aromatic carbocycles. The molecule has 8 heteroatoms. The Morgan fingerprint density at radius 2 is 2.29 bits per heavy atom. The van der Waals surface area contributed by atoms with Crippen LogP contribution < -0.4 is 5.32 Å². The second kappa shape index (κ2) is 8.06. The van der Waals surface area contributed by atoms with Gasteiger partial charge in [-0.15, -0.1) is 0 Å². The molecule has 3 atom stereocenters. The van der Waals surface area contributed by atoms with Crippen LogP contribution in [0.15, 0.2) is 28.8 Å². The molecule has 1 saturated carbocycles. The van der Waals surface area contributed by atoms with Crippen molar-refractivity contribution in [3.05, 3.63) is 30.2 Å². The Kier molecular flexibility index (Phi) is 5.52. The number of hydrogen-bond donors (Lipinski definition) is 2. The molecule has 3 heterocycles. The standard InChI is InChI=1S/C20H28N4O4/c1-26-13-19(25)22-14-5-7-20(27-2)8-10-24(18(20)11-14)12-15-3-4-17(28-15)16-6-9-21-23-16/h3-4,6,9,14,18H,5,7-8,10-13H2,1-2H3,(H,21,23)(H,22,25)/t14-,18+,20-/m1/s1. The Hall–Kier alpha value is -2.16. The van der Waals surface area contributed by atoms with Gasteiger partial charge in [0.25, 0.3) is 0 Å². The van der Waals surface area contributed by atoms with E-state index in [0.717, 1.165) is 56.0 Å². The largest absolute Gasteiger partial charge is 0.458 e. The molecule has 4 rings (SSSR count). The van der Waals surface area contributed by atoms with E-state index in [0.29, 0.717) is 0 Å². The molecule has 0 bridgehead atoms. The number of aromatic amines is 1. The highest BCUT2D eigenvalue weighted by molar-refractivity contribution is 5.77. The zero-order valence-electron chi connectivity index (χ0n) is 16.4. The lowest BCUT2D eigenvalue weighted by Gasteiger charge is -2.43. The van der Waals surface area contributed by atoms with E-state index in [1.165, 1.54) is 7.11 Å². The summed E-state index contributed by atoms with van der Waals surface area (Å²) in [5, 5.41) is 10.0. The van der Waals surface area contributed by atoms with Gasteiger partial charge in [-0.25, -0.2) is 0 Å². The summed E-state index contributed by atoms with van der Waals surface area (Å²) in [7, 11) is 3.35. The number of likely N-dealkylation sites (tertiary alicyclic amines) is 1. The Balaban J connectivity index is 1.45. The van der Waals surface area contributed by atoms with E-state index in [1.807, 2.05) is 25.3 Å². The monoisotopic (exact) mass is 388 g/mol. The van der Waals surface area contributed by atoms with Crippen LogP contribution in [0.2, 0.25) is 0 Å². The molecule has 0 spiro atoms. The van der Waals surface area contributed by atoms with Crippen LogP contribution in [-0.2, 0) is 20.8 Å². The maximum Gasteiger partial charge on any atom is 0.246 e. The second-order valence-electron chi connectivity index (χ2n) is 7.71. The number of aromatic nitrogens is 2. The van der Waals surface area contributed by atoms with E-state index in [2.05, 4.69) is 20.4 Å². The fourth-order valence-corrected chi connectivity index (χ4v) is 4.71. The first-order chi connectivity index (χ1) is 13.6. The van der Waals surface area contributed by atoms with Crippen LogP contribution in [0.4, 0.5) is 0 Å². The van der Waals surface area contributed by atoms with Gasteiger partial charge in [0, 0.05) is 39.0 Å². The molecular weight excluding hydrogens is 360 g/mol. The fourth-order valence-electron chi connectivity index (χ4n) is 4.71. The molecule has 2 aromatic heterocycles. The summed E-state index contributed by atoms with van der Waals surface area (Å²) in [4.78, 5) is 14.4. The van der Waals surface area contributed by atoms with Crippen LogP contribution in [0.1, 0.15) is 31.4 Å². The number of ether oxygens (including phenoxy) is 2.